The zero-order valence-electron chi connectivity index (χ0n) is 9.27. The van der Waals surface area contributed by atoms with E-state index < -0.39 is 11.6 Å². The Bertz CT molecular complexity index is 500. The fraction of sp³-hybridized carbons (Fsp3) is 0.182. The zero-order valence-corrected chi connectivity index (χ0v) is 9.27. The van der Waals surface area contributed by atoms with Crippen LogP contribution in [-0.4, -0.2) is 12.9 Å². The topological polar surface area (TPSA) is 85.7 Å². The van der Waals surface area contributed by atoms with Crippen molar-refractivity contribution in [1.29, 1.82) is 0 Å². The van der Waals surface area contributed by atoms with Gasteiger partial charge in [-0.25, -0.2) is 9.38 Å². The number of halogens is 1. The van der Waals surface area contributed by atoms with Crippen LogP contribution in [0.4, 0.5) is 4.39 Å². The first kappa shape index (κ1) is 11.4. The van der Waals surface area contributed by atoms with E-state index in [2.05, 4.69) is 10.3 Å². The summed E-state index contributed by atoms with van der Waals surface area (Å²) in [6, 6.07) is 4.39. The number of nitrogens with two attached hydrogens (primary N) is 2. The molecule has 0 aromatic heterocycles. The molecule has 0 fully saturated rings. The highest BCUT2D eigenvalue weighted by Gasteiger charge is 2.28. The summed E-state index contributed by atoms with van der Waals surface area (Å²) in [7, 11) is 1.40. The Morgan fingerprint density at radius 3 is 2.82 bits per heavy atom. The third-order valence-corrected chi connectivity index (χ3v) is 2.45. The van der Waals surface area contributed by atoms with Crippen LogP contribution in [0.15, 0.2) is 35.5 Å². The summed E-state index contributed by atoms with van der Waals surface area (Å²) in [6.07, 6.45) is 3.15. The molecule has 0 bridgehead atoms. The highest BCUT2D eigenvalue weighted by molar-refractivity contribution is 5.92. The number of amidine groups is 1. The molecule has 1 aromatic carbocycles. The monoisotopic (exact) mass is 236 g/mol. The number of hydrogen-bond acceptors (Lipinski definition) is 5. The van der Waals surface area contributed by atoms with Gasteiger partial charge in [0.25, 0.3) is 0 Å². The van der Waals surface area contributed by atoms with Gasteiger partial charge in [-0.3, -0.25) is 5.73 Å². The normalized spacial score (nSPS) is 22.9. The van der Waals surface area contributed by atoms with Crippen molar-refractivity contribution in [2.24, 2.45) is 16.5 Å². The van der Waals surface area contributed by atoms with Crippen molar-refractivity contribution in [3.8, 4) is 5.75 Å². The van der Waals surface area contributed by atoms with Crippen LogP contribution in [0.5, 0.6) is 5.75 Å². The molecule has 0 spiro atoms. The number of nitrogens with one attached hydrogen (secondary N) is 1. The largest absolute Gasteiger partial charge is 0.494 e. The lowest BCUT2D eigenvalue weighted by Gasteiger charge is -2.28. The first-order valence-electron chi connectivity index (χ1n) is 4.97. The second kappa shape index (κ2) is 4.06. The lowest BCUT2D eigenvalue weighted by atomic mass is 10.1. The predicted octanol–water partition coefficient (Wildman–Crippen LogP) is 0.377. The van der Waals surface area contributed by atoms with Crippen LogP contribution < -0.4 is 21.5 Å². The van der Waals surface area contributed by atoms with E-state index in [4.69, 9.17) is 16.2 Å². The summed E-state index contributed by atoms with van der Waals surface area (Å²) >= 11 is 0. The molecule has 1 aromatic rings. The third kappa shape index (κ3) is 2.07. The molecule has 2 rings (SSSR count). The van der Waals surface area contributed by atoms with Crippen molar-refractivity contribution < 1.29 is 9.13 Å². The first-order valence-corrected chi connectivity index (χ1v) is 4.97. The van der Waals surface area contributed by atoms with Crippen LogP contribution in [0, 0.1) is 5.82 Å². The van der Waals surface area contributed by atoms with Gasteiger partial charge in [-0.15, -0.1) is 0 Å². The van der Waals surface area contributed by atoms with Crippen molar-refractivity contribution >= 4 is 5.84 Å². The molecule has 0 saturated heterocycles. The highest BCUT2D eigenvalue weighted by atomic mass is 19.1. The van der Waals surface area contributed by atoms with E-state index in [1.807, 2.05) is 0 Å². The molecule has 1 unspecified atom stereocenters. The fourth-order valence-corrected chi connectivity index (χ4v) is 1.58. The van der Waals surface area contributed by atoms with Gasteiger partial charge in [-0.1, -0.05) is 0 Å². The Labute approximate surface area is 98.0 Å². The second-order valence-corrected chi connectivity index (χ2v) is 3.63. The van der Waals surface area contributed by atoms with Crippen molar-refractivity contribution in [2.45, 2.75) is 5.79 Å². The number of hydrogen-bond donors (Lipinski definition) is 3. The molecule has 0 radical (unpaired) electrons. The maximum absolute atomic E-state index is 13.6. The van der Waals surface area contributed by atoms with Gasteiger partial charge in [0.1, 0.15) is 5.84 Å². The molecule has 5 nitrogen and oxygen atoms in total. The molecule has 90 valence electrons. The van der Waals surface area contributed by atoms with Gasteiger partial charge in [-0.05, 0) is 24.3 Å². The van der Waals surface area contributed by atoms with Crippen LogP contribution in [-0.2, 0) is 5.79 Å². The first-order chi connectivity index (χ1) is 8.05. The fourth-order valence-electron chi connectivity index (χ4n) is 1.58. The molecule has 6 heteroatoms. The summed E-state index contributed by atoms with van der Waals surface area (Å²) in [4.78, 5) is 4.05. The smallest absolute Gasteiger partial charge is 0.211 e. The third-order valence-electron chi connectivity index (χ3n) is 2.45. The Hall–Kier alpha value is -2.08. The Balaban J connectivity index is 2.41. The second-order valence-electron chi connectivity index (χ2n) is 3.63. The average molecular weight is 236 g/mol. The van der Waals surface area contributed by atoms with E-state index >= 15 is 0 Å². The molecular formula is C11H13FN4O. The van der Waals surface area contributed by atoms with Crippen molar-refractivity contribution in [3.05, 3.63) is 41.9 Å². The quantitative estimate of drug-likeness (QED) is 0.692. The summed E-state index contributed by atoms with van der Waals surface area (Å²) in [5.74, 6) is -1.31. The van der Waals surface area contributed by atoms with Gasteiger partial charge < -0.3 is 15.8 Å². The van der Waals surface area contributed by atoms with Crippen LogP contribution in [0.3, 0.4) is 0 Å². The zero-order chi connectivity index (χ0) is 12.5. The molecule has 0 amide bonds. The average Bonchev–Trinajstić information content (AvgIpc) is 2.28. The molecule has 1 heterocycles. The summed E-state index contributed by atoms with van der Waals surface area (Å²) in [5.41, 5.74) is 12.0. The molecular weight excluding hydrogens is 223 g/mol. The molecule has 5 N–H and O–H groups in total. The number of nitrogens with zero attached hydrogens (tertiary/aromatic N) is 1. The van der Waals surface area contributed by atoms with Crippen molar-refractivity contribution in [3.63, 3.8) is 0 Å². The number of benzene rings is 1. The maximum Gasteiger partial charge on any atom is 0.211 e. The summed E-state index contributed by atoms with van der Waals surface area (Å²) in [5, 5.41) is 2.83. The molecule has 1 aliphatic heterocycles. The molecule has 0 aliphatic carbocycles. The van der Waals surface area contributed by atoms with Gasteiger partial charge >= 0.3 is 0 Å². The maximum atomic E-state index is 13.6. The SMILES string of the molecule is COc1ccc(C2(N)N=C(N)C=CN2)cc1F. The molecule has 17 heavy (non-hydrogen) atoms. The van der Waals surface area contributed by atoms with E-state index in [1.54, 1.807) is 18.3 Å². The van der Waals surface area contributed by atoms with Crippen molar-refractivity contribution in [2.75, 3.05) is 7.11 Å². The van der Waals surface area contributed by atoms with Crippen molar-refractivity contribution in [1.82, 2.24) is 5.32 Å². The molecule has 1 atom stereocenters. The van der Waals surface area contributed by atoms with Crippen LogP contribution >= 0.6 is 0 Å². The lowest BCUT2D eigenvalue weighted by molar-refractivity contribution is 0.378. The number of aliphatic imine (C=N–C) groups is 1. The van der Waals surface area contributed by atoms with E-state index in [-0.39, 0.29) is 11.6 Å². The number of rotatable bonds is 2. The minimum atomic E-state index is -1.24. The van der Waals surface area contributed by atoms with Gasteiger partial charge in [0.05, 0.1) is 7.11 Å². The standard InChI is InChI=1S/C11H13FN4O/c1-17-9-3-2-7(6-8(9)12)11(14)15-5-4-10(13)16-11/h2-6,15H,14H2,1H3,(H2,13,16). The van der Waals surface area contributed by atoms with Crippen LogP contribution in [0.25, 0.3) is 0 Å². The Kier molecular flexibility index (Phi) is 2.72. The molecule has 0 saturated carbocycles. The van der Waals surface area contributed by atoms with Gasteiger partial charge in [0, 0.05) is 11.8 Å². The number of ether oxygens (including phenoxy) is 1. The van der Waals surface area contributed by atoms with E-state index in [0.29, 0.717) is 5.56 Å². The molecule has 1 aliphatic rings. The summed E-state index contributed by atoms with van der Waals surface area (Å²) in [6.45, 7) is 0. The number of methoxy groups -OCH3 is 1. The van der Waals surface area contributed by atoms with Gasteiger partial charge in [-0.2, -0.15) is 0 Å². The van der Waals surface area contributed by atoms with E-state index in [1.165, 1.54) is 19.2 Å². The highest BCUT2D eigenvalue weighted by Crippen LogP contribution is 2.24. The Morgan fingerprint density at radius 1 is 1.47 bits per heavy atom. The van der Waals surface area contributed by atoms with Crippen LogP contribution in [0.1, 0.15) is 5.56 Å². The van der Waals surface area contributed by atoms with Crippen LogP contribution in [0.2, 0.25) is 0 Å². The van der Waals surface area contributed by atoms with Gasteiger partial charge in [0.2, 0.25) is 5.79 Å². The minimum Gasteiger partial charge on any atom is -0.494 e. The lowest BCUT2D eigenvalue weighted by Crippen LogP contribution is -2.49. The van der Waals surface area contributed by atoms with Gasteiger partial charge in [0.15, 0.2) is 11.6 Å². The van der Waals surface area contributed by atoms with E-state index in [9.17, 15) is 4.39 Å². The Morgan fingerprint density at radius 2 is 2.24 bits per heavy atom. The minimum absolute atomic E-state index is 0.153. The summed E-state index contributed by atoms with van der Waals surface area (Å²) < 4.78 is 18.4. The predicted molar refractivity (Wildman–Crippen MR) is 62.7 cm³/mol. The van der Waals surface area contributed by atoms with E-state index in [0.717, 1.165) is 0 Å².